The Morgan fingerprint density at radius 1 is 0.721 bits per heavy atom. The predicted octanol–water partition coefficient (Wildman–Crippen LogP) is 9.36. The van der Waals surface area contributed by atoms with E-state index in [1.165, 1.54) is 43.8 Å². The van der Waals surface area contributed by atoms with Crippen LogP contribution >= 0.6 is 0 Å². The topological polar surface area (TPSA) is 23.8 Å². The molecular formula is C40H42NSiTi. The van der Waals surface area contributed by atoms with Gasteiger partial charge in [0.25, 0.3) is 0 Å². The maximum Gasteiger partial charge on any atom is 2.00 e. The fourth-order valence-electron chi connectivity index (χ4n) is 4.07. The van der Waals surface area contributed by atoms with Crippen molar-refractivity contribution in [3.63, 3.8) is 0 Å². The molecule has 0 saturated carbocycles. The molecule has 1 N–H and O–H groups in total. The summed E-state index contributed by atoms with van der Waals surface area (Å²) >= 11 is 0. The van der Waals surface area contributed by atoms with E-state index in [-0.39, 0.29) is 27.3 Å². The van der Waals surface area contributed by atoms with Crippen molar-refractivity contribution >= 4 is 45.5 Å². The van der Waals surface area contributed by atoms with E-state index in [0.29, 0.717) is 0 Å². The first-order valence-corrected chi connectivity index (χ1v) is 16.7. The van der Waals surface area contributed by atoms with Crippen molar-refractivity contribution in [2.75, 3.05) is 0 Å². The molecule has 4 aromatic rings. The van der Waals surface area contributed by atoms with Crippen LogP contribution in [0.3, 0.4) is 0 Å². The molecule has 0 saturated heterocycles. The Labute approximate surface area is 276 Å². The van der Waals surface area contributed by atoms with E-state index in [1.807, 2.05) is 63.2 Å². The van der Waals surface area contributed by atoms with Gasteiger partial charge in [-0.2, -0.15) is 5.22 Å². The van der Waals surface area contributed by atoms with Crippen molar-refractivity contribution in [2.24, 2.45) is 0 Å². The molecule has 1 radical (unpaired) electrons. The van der Waals surface area contributed by atoms with Crippen LogP contribution in [0.4, 0.5) is 0 Å². The minimum absolute atomic E-state index is 0. The first kappa shape index (κ1) is 35.7. The van der Waals surface area contributed by atoms with Gasteiger partial charge in [0, 0.05) is 9.52 Å². The van der Waals surface area contributed by atoms with Crippen LogP contribution in [0.1, 0.15) is 48.6 Å². The van der Waals surface area contributed by atoms with Crippen molar-refractivity contribution < 1.29 is 21.7 Å². The summed E-state index contributed by atoms with van der Waals surface area (Å²) in [5, 5.41) is 2.51. The summed E-state index contributed by atoms with van der Waals surface area (Å²) in [6, 6.07) is 35.6. The number of fused-ring (bicyclic) bond motifs is 2. The summed E-state index contributed by atoms with van der Waals surface area (Å²) in [6.07, 6.45) is 20.2. The van der Waals surface area contributed by atoms with Gasteiger partial charge in [-0.25, -0.2) is 0 Å². The van der Waals surface area contributed by atoms with E-state index < -0.39 is 0 Å². The molecule has 0 aliphatic heterocycles. The van der Waals surface area contributed by atoms with Crippen molar-refractivity contribution in [1.29, 1.82) is 0 Å². The maximum atomic E-state index is 6.94. The molecule has 0 aromatic heterocycles. The van der Waals surface area contributed by atoms with E-state index >= 15 is 0 Å². The summed E-state index contributed by atoms with van der Waals surface area (Å²) < 4.78 is 0. The predicted molar refractivity (Wildman–Crippen MR) is 190 cm³/mol. The Kier molecular flexibility index (Phi) is 15.7. The van der Waals surface area contributed by atoms with Crippen LogP contribution in [-0.4, -0.2) is 15.1 Å². The molecular weight excluding hydrogens is 570 g/mol. The summed E-state index contributed by atoms with van der Waals surface area (Å²) in [6.45, 7) is 9.98. The monoisotopic (exact) mass is 612 g/mol. The molecule has 3 heteroatoms. The Morgan fingerprint density at radius 3 is 1.67 bits per heavy atom. The zero-order chi connectivity index (χ0) is 30.2. The second-order valence-corrected chi connectivity index (χ2v) is 12.1. The van der Waals surface area contributed by atoms with Crippen molar-refractivity contribution in [3.8, 4) is 0 Å². The third-order valence-electron chi connectivity index (χ3n) is 5.81. The molecule has 0 fully saturated rings. The molecule has 0 atom stereocenters. The van der Waals surface area contributed by atoms with Gasteiger partial charge in [-0.15, -0.1) is 34.9 Å². The number of allylic oxidation sites excluding steroid dienone is 4. The van der Waals surface area contributed by atoms with E-state index in [2.05, 4.69) is 128 Å². The van der Waals surface area contributed by atoms with Crippen LogP contribution in [-0.2, 0) is 21.7 Å². The zero-order valence-electron chi connectivity index (χ0n) is 26.0. The number of nitrogens with one attached hydrogen (secondary N) is 1. The molecule has 0 unspecified atom stereocenters. The van der Waals surface area contributed by atoms with E-state index in [1.54, 1.807) is 0 Å². The fourth-order valence-corrected chi connectivity index (χ4v) is 4.07. The zero-order valence-corrected chi connectivity index (χ0v) is 28.7. The van der Waals surface area contributed by atoms with E-state index in [9.17, 15) is 0 Å². The summed E-state index contributed by atoms with van der Waals surface area (Å²) in [7, 11) is 0.750. The minimum atomic E-state index is -0.250. The maximum absolute atomic E-state index is 6.94. The average molecular weight is 613 g/mol. The number of hydrogen-bond donors (Lipinski definition) is 0. The molecule has 2 aliphatic carbocycles. The molecule has 0 heterocycles. The summed E-state index contributed by atoms with van der Waals surface area (Å²) in [5.74, 6) is 0. The Balaban J connectivity index is 0.000000238. The third-order valence-corrected chi connectivity index (χ3v) is 5.81. The molecule has 1 nitrogen and oxygen atoms in total. The second-order valence-electron chi connectivity index (χ2n) is 11.0. The summed E-state index contributed by atoms with van der Waals surface area (Å²) in [4.78, 5) is 0. The molecule has 0 bridgehead atoms. The second kappa shape index (κ2) is 18.9. The third kappa shape index (κ3) is 13.1. The van der Waals surface area contributed by atoms with Crippen LogP contribution in [0.2, 0.25) is 13.1 Å². The first-order chi connectivity index (χ1) is 20.3. The largest absolute Gasteiger partial charge is 2.00 e. The first-order valence-electron chi connectivity index (χ1n) is 14.4. The molecule has 0 amide bonds. The molecule has 0 spiro atoms. The van der Waals surface area contributed by atoms with Gasteiger partial charge in [0.15, 0.2) is 0 Å². The summed E-state index contributed by atoms with van der Waals surface area (Å²) in [5.41, 5.74) is 14.3. The Bertz CT molecular complexity index is 1570. The molecule has 215 valence electrons. The van der Waals surface area contributed by atoms with Crippen LogP contribution in [0.25, 0.3) is 41.7 Å². The van der Waals surface area contributed by atoms with Crippen LogP contribution in [0.5, 0.6) is 0 Å². The minimum Gasteiger partial charge on any atom is -0.673 e. The van der Waals surface area contributed by atoms with Gasteiger partial charge in [0.05, 0.1) is 0 Å². The van der Waals surface area contributed by atoms with Gasteiger partial charge in [-0.05, 0) is 16.3 Å². The average Bonchev–Trinajstić information content (AvgIpc) is 3.62. The normalized spacial score (nSPS) is 12.1. The molecule has 4 aromatic carbocycles. The smallest absolute Gasteiger partial charge is 0.673 e. The van der Waals surface area contributed by atoms with Gasteiger partial charge in [-0.3, -0.25) is 0 Å². The van der Waals surface area contributed by atoms with Gasteiger partial charge >= 0.3 is 21.7 Å². The van der Waals surface area contributed by atoms with Gasteiger partial charge in [-0.1, -0.05) is 185 Å². The van der Waals surface area contributed by atoms with Crippen LogP contribution in [0.15, 0.2) is 127 Å². The van der Waals surface area contributed by atoms with Crippen molar-refractivity contribution in [1.82, 2.24) is 0 Å². The standard InChI is InChI=1S/C18H11.C16H14.C4H10N.C2H7Si.Ti/c1-2-5-13(6-3-1)17-10-9-16-11-14-7-4-8-15(14)12-18(16)17;1-3-9-15(10-4-1)13-7-8-14-16-11-5-2-6-12-16;1-4(2,3)5;1-3-2;/h1-8,10-12H;1-14H;5H,1-3H3;3H,1-2H3;/q-1;;-1;;+2/b;13-7+,14-8+;;;. The van der Waals surface area contributed by atoms with Crippen molar-refractivity contribution in [2.45, 2.75) is 39.4 Å². The molecule has 2 aliphatic rings. The SMILES string of the molecule is C(/C=C/c1ccccc1)=C\c1ccccc1.CC(C)(C)[NH-].C[SiH]C.[C-]1=c2cc3c(cc2C(c2ccccc2)=C1)=CC=C3.[Ti+2]. The quantitative estimate of drug-likeness (QED) is 0.125. The van der Waals surface area contributed by atoms with Crippen LogP contribution in [0, 0.1) is 0 Å². The number of rotatable bonds is 4. The molecule has 43 heavy (non-hydrogen) atoms. The Morgan fingerprint density at radius 2 is 1.19 bits per heavy atom. The van der Waals surface area contributed by atoms with Gasteiger partial charge in [0.2, 0.25) is 0 Å². The number of benzene rings is 4. The Hall–Kier alpha value is -3.53. The fraction of sp³-hybridized carbons (Fsp3) is 0.150. The van der Waals surface area contributed by atoms with Crippen molar-refractivity contribution in [3.05, 3.63) is 171 Å². The van der Waals surface area contributed by atoms with Gasteiger partial charge < -0.3 is 5.73 Å². The van der Waals surface area contributed by atoms with E-state index in [4.69, 9.17) is 5.73 Å². The van der Waals surface area contributed by atoms with E-state index in [0.717, 1.165) is 9.52 Å². The molecule has 6 rings (SSSR count). The number of hydrogen-bond acceptors (Lipinski definition) is 0. The van der Waals surface area contributed by atoms with Crippen LogP contribution < -0.4 is 10.4 Å². The van der Waals surface area contributed by atoms with Gasteiger partial charge in [0.1, 0.15) is 0 Å².